The van der Waals surface area contributed by atoms with Gasteiger partial charge in [-0.15, -0.1) is 0 Å². The summed E-state index contributed by atoms with van der Waals surface area (Å²) in [5.74, 6) is 1.13. The van der Waals surface area contributed by atoms with Crippen molar-refractivity contribution in [3.8, 4) is 0 Å². The largest absolute Gasteiger partial charge is 0.475 e. The van der Waals surface area contributed by atoms with Crippen LogP contribution in [0.3, 0.4) is 0 Å². The molecule has 0 radical (unpaired) electrons. The number of phosphoric acid groups is 1. The molecule has 0 unspecified atom stereocenters. The number of nitrogens with one attached hydrogen (secondary N) is 1. The molecule has 1 atom stereocenters. The molecule has 0 amide bonds. The van der Waals surface area contributed by atoms with Gasteiger partial charge in [0.2, 0.25) is 10.0 Å². The van der Waals surface area contributed by atoms with Crippen LogP contribution in [-0.4, -0.2) is 78.9 Å². The Hall–Kier alpha value is -1.56. The highest BCUT2D eigenvalue weighted by Crippen LogP contribution is 2.51. The molecule has 2 aromatic rings. The van der Waals surface area contributed by atoms with Gasteiger partial charge in [0.15, 0.2) is 0 Å². The van der Waals surface area contributed by atoms with Crippen molar-refractivity contribution in [2.75, 3.05) is 44.0 Å². The van der Waals surface area contributed by atoms with E-state index in [9.17, 15) is 13.0 Å². The fraction of sp³-hybridized carbons (Fsp3) is 0.739. The van der Waals surface area contributed by atoms with E-state index in [1.165, 1.54) is 4.31 Å². The highest BCUT2D eigenvalue weighted by atomic mass is 32.2. The van der Waals surface area contributed by atoms with Crippen LogP contribution >= 0.6 is 7.82 Å². The first-order valence-electron chi connectivity index (χ1n) is 12.8. The van der Waals surface area contributed by atoms with Crippen LogP contribution in [0.5, 0.6) is 0 Å². The molecule has 2 fully saturated rings. The second kappa shape index (κ2) is 11.9. The normalized spacial score (nSPS) is 24.2. The number of H-pyrrole nitrogens is 1. The fourth-order valence-electron chi connectivity index (χ4n) is 5.26. The zero-order chi connectivity index (χ0) is 25.8. The molecule has 1 saturated heterocycles. The van der Waals surface area contributed by atoms with E-state index in [2.05, 4.69) is 19.9 Å². The molecule has 0 bridgehead atoms. The Balaban J connectivity index is 1.32. The standard InChI is InChI=1S/C23H38N5O6PS/c1-4-32-35(29,33-5-2)34-20-7-6-14-28(15-20)36(30,31)16-18-8-10-19(11-9-18)27(3)23-21-12-13-24-22(21)25-17-26-23/h12-13,17-20H,4-11,14-16H2,1-3H3,(H,24,25,26)/t18?,19?,20-/m1/s1. The Labute approximate surface area is 213 Å². The van der Waals surface area contributed by atoms with Crippen molar-refractivity contribution in [1.82, 2.24) is 19.3 Å². The molecule has 4 rings (SSSR count). The van der Waals surface area contributed by atoms with Gasteiger partial charge in [-0.2, -0.15) is 4.31 Å². The Bertz CT molecular complexity index is 1140. The van der Waals surface area contributed by atoms with Gasteiger partial charge in [-0.25, -0.2) is 23.0 Å². The van der Waals surface area contributed by atoms with E-state index in [0.29, 0.717) is 25.4 Å². The van der Waals surface area contributed by atoms with Crippen molar-refractivity contribution < 1.29 is 26.6 Å². The Morgan fingerprint density at radius 2 is 1.86 bits per heavy atom. The summed E-state index contributed by atoms with van der Waals surface area (Å²) in [6, 6.07) is 2.28. The quantitative estimate of drug-likeness (QED) is 0.419. The summed E-state index contributed by atoms with van der Waals surface area (Å²) < 4.78 is 56.9. The van der Waals surface area contributed by atoms with Crippen LogP contribution < -0.4 is 4.90 Å². The van der Waals surface area contributed by atoms with Crippen molar-refractivity contribution in [3.63, 3.8) is 0 Å². The van der Waals surface area contributed by atoms with Crippen LogP contribution in [-0.2, 0) is 28.2 Å². The SMILES string of the molecule is CCOP(=O)(OCC)O[C@@H]1CCCN(S(=O)(=O)CC2CCC(N(C)c3ncnc4[nH]ccc34)CC2)C1. The smallest absolute Gasteiger partial charge is 0.356 e. The average Bonchev–Trinajstić information content (AvgIpc) is 3.33. The Morgan fingerprint density at radius 1 is 1.14 bits per heavy atom. The van der Waals surface area contributed by atoms with Crippen LogP contribution in [0.1, 0.15) is 52.4 Å². The second-order valence-electron chi connectivity index (χ2n) is 9.51. The number of hydrogen-bond donors (Lipinski definition) is 1. The van der Waals surface area contributed by atoms with E-state index in [1.807, 2.05) is 19.3 Å². The first-order valence-corrected chi connectivity index (χ1v) is 15.9. The second-order valence-corrected chi connectivity index (χ2v) is 13.1. The van der Waals surface area contributed by atoms with Crippen molar-refractivity contribution in [1.29, 1.82) is 0 Å². The number of rotatable bonds is 11. The van der Waals surface area contributed by atoms with Gasteiger partial charge in [0.1, 0.15) is 17.8 Å². The third-order valence-corrected chi connectivity index (χ3v) is 10.8. The monoisotopic (exact) mass is 543 g/mol. The van der Waals surface area contributed by atoms with Crippen molar-refractivity contribution >= 4 is 34.7 Å². The predicted molar refractivity (Wildman–Crippen MR) is 138 cm³/mol. The van der Waals surface area contributed by atoms with Crippen LogP contribution in [0.2, 0.25) is 0 Å². The number of anilines is 1. The van der Waals surface area contributed by atoms with Crippen LogP contribution in [0.15, 0.2) is 18.6 Å². The summed E-state index contributed by atoms with van der Waals surface area (Å²) in [6.07, 6.45) is 7.67. The lowest BCUT2D eigenvalue weighted by Gasteiger charge is -2.37. The highest BCUT2D eigenvalue weighted by Gasteiger charge is 2.37. The first-order chi connectivity index (χ1) is 17.2. The summed E-state index contributed by atoms with van der Waals surface area (Å²) in [7, 11) is -5.11. The molecule has 11 nitrogen and oxygen atoms in total. The summed E-state index contributed by atoms with van der Waals surface area (Å²) in [4.78, 5) is 14.1. The van der Waals surface area contributed by atoms with Crippen molar-refractivity contribution in [2.24, 2.45) is 5.92 Å². The third-order valence-electron chi connectivity index (χ3n) is 7.06. The van der Waals surface area contributed by atoms with Gasteiger partial charge in [-0.1, -0.05) is 0 Å². The van der Waals surface area contributed by atoms with Gasteiger partial charge in [0.05, 0.1) is 30.5 Å². The number of nitrogens with zero attached hydrogens (tertiary/aromatic N) is 4. The van der Waals surface area contributed by atoms with E-state index < -0.39 is 23.9 Å². The van der Waals surface area contributed by atoms with Crippen molar-refractivity contribution in [3.05, 3.63) is 18.6 Å². The number of phosphoric ester groups is 1. The minimum Gasteiger partial charge on any atom is -0.356 e. The highest BCUT2D eigenvalue weighted by molar-refractivity contribution is 7.89. The lowest BCUT2D eigenvalue weighted by molar-refractivity contribution is 0.0575. The van der Waals surface area contributed by atoms with E-state index in [-0.39, 0.29) is 31.4 Å². The number of hydrogen-bond acceptors (Lipinski definition) is 9. The molecular weight excluding hydrogens is 505 g/mol. The molecule has 1 aliphatic heterocycles. The molecule has 36 heavy (non-hydrogen) atoms. The fourth-order valence-corrected chi connectivity index (χ4v) is 8.56. The maximum atomic E-state index is 13.3. The molecule has 0 spiro atoms. The number of aromatic nitrogens is 3. The number of sulfonamides is 1. The van der Waals surface area contributed by atoms with E-state index >= 15 is 0 Å². The van der Waals surface area contributed by atoms with Gasteiger partial charge >= 0.3 is 7.82 Å². The molecular formula is C23H38N5O6PS. The summed E-state index contributed by atoms with van der Waals surface area (Å²) >= 11 is 0. The maximum Gasteiger partial charge on any atom is 0.475 e. The Kier molecular flexibility index (Phi) is 9.06. The molecule has 202 valence electrons. The molecule has 1 aliphatic carbocycles. The topological polar surface area (TPSA) is 127 Å². The van der Waals surface area contributed by atoms with Gasteiger partial charge in [-0.05, 0) is 64.4 Å². The van der Waals surface area contributed by atoms with Gasteiger partial charge < -0.3 is 9.88 Å². The zero-order valence-corrected chi connectivity index (χ0v) is 23.0. The number of piperidine rings is 1. The van der Waals surface area contributed by atoms with Gasteiger partial charge in [-0.3, -0.25) is 13.6 Å². The number of aromatic amines is 1. The molecule has 2 aromatic heterocycles. The zero-order valence-electron chi connectivity index (χ0n) is 21.3. The minimum atomic E-state index is -3.69. The van der Waals surface area contributed by atoms with Crippen LogP contribution in [0.25, 0.3) is 11.0 Å². The lowest BCUT2D eigenvalue weighted by Crippen LogP contribution is -2.45. The van der Waals surface area contributed by atoms with Gasteiger partial charge in [0.25, 0.3) is 0 Å². The number of fused-ring (bicyclic) bond motifs is 1. The minimum absolute atomic E-state index is 0.108. The average molecular weight is 544 g/mol. The molecule has 0 aromatic carbocycles. The van der Waals surface area contributed by atoms with Gasteiger partial charge in [0, 0.05) is 32.4 Å². The van der Waals surface area contributed by atoms with Crippen LogP contribution in [0, 0.1) is 5.92 Å². The molecule has 2 aliphatic rings. The molecule has 1 saturated carbocycles. The molecule has 3 heterocycles. The van der Waals surface area contributed by atoms with E-state index in [0.717, 1.165) is 42.5 Å². The summed E-state index contributed by atoms with van der Waals surface area (Å²) in [6.45, 7) is 4.44. The molecule has 1 N–H and O–H groups in total. The van der Waals surface area contributed by atoms with Crippen molar-refractivity contribution in [2.45, 2.75) is 64.5 Å². The molecule has 13 heteroatoms. The third kappa shape index (κ3) is 6.46. The lowest BCUT2D eigenvalue weighted by atomic mass is 9.86. The Morgan fingerprint density at radius 3 is 2.56 bits per heavy atom. The maximum absolute atomic E-state index is 13.3. The van der Waals surface area contributed by atoms with Crippen LogP contribution in [0.4, 0.5) is 5.82 Å². The summed E-state index contributed by atoms with van der Waals surface area (Å²) in [5, 5.41) is 0.991. The van der Waals surface area contributed by atoms with E-state index in [1.54, 1.807) is 20.2 Å². The summed E-state index contributed by atoms with van der Waals surface area (Å²) in [5.41, 5.74) is 0.814. The van der Waals surface area contributed by atoms with E-state index in [4.69, 9.17) is 13.6 Å². The predicted octanol–water partition coefficient (Wildman–Crippen LogP) is 3.94. The first kappa shape index (κ1) is 27.5.